The van der Waals surface area contributed by atoms with E-state index in [1.807, 2.05) is 6.07 Å². The van der Waals surface area contributed by atoms with E-state index in [0.29, 0.717) is 39.9 Å². The molecule has 1 amide bonds. The second-order valence-corrected chi connectivity index (χ2v) is 9.40. The third-order valence-corrected chi connectivity index (χ3v) is 7.09. The zero-order valence-electron chi connectivity index (χ0n) is 18.6. The van der Waals surface area contributed by atoms with Crippen molar-refractivity contribution in [3.63, 3.8) is 0 Å². The molecule has 1 fully saturated rings. The van der Waals surface area contributed by atoms with E-state index >= 15 is 0 Å². The molecule has 9 nitrogen and oxygen atoms in total. The maximum absolute atomic E-state index is 14.9. The van der Waals surface area contributed by atoms with Crippen molar-refractivity contribution >= 4 is 28.3 Å². The van der Waals surface area contributed by atoms with Crippen LogP contribution in [0.25, 0.3) is 33.9 Å². The molecule has 1 aliphatic rings. The lowest BCUT2D eigenvalue weighted by molar-refractivity contribution is 0.0920. The summed E-state index contributed by atoms with van der Waals surface area (Å²) in [5.41, 5.74) is 2.56. The first kappa shape index (κ1) is 21.5. The molecule has 11 heteroatoms. The van der Waals surface area contributed by atoms with Crippen molar-refractivity contribution in [3.8, 4) is 22.9 Å². The molecule has 0 saturated heterocycles. The van der Waals surface area contributed by atoms with Crippen LogP contribution in [-0.2, 0) is 0 Å². The second kappa shape index (κ2) is 8.99. The van der Waals surface area contributed by atoms with Gasteiger partial charge in [-0.1, -0.05) is 12.1 Å². The Morgan fingerprint density at radius 3 is 2.91 bits per heavy atom. The van der Waals surface area contributed by atoms with Gasteiger partial charge in [-0.15, -0.1) is 11.3 Å². The Hall–Kier alpha value is -3.99. The van der Waals surface area contributed by atoms with Crippen LogP contribution in [0.1, 0.15) is 41.5 Å². The molecule has 1 saturated carbocycles. The molecular formula is C24H21FN8OS. The summed E-state index contributed by atoms with van der Waals surface area (Å²) in [6.45, 7) is 0. The number of pyridine rings is 1. The third-order valence-electron chi connectivity index (χ3n) is 6.32. The largest absolute Gasteiger partial charge is 0.347 e. The van der Waals surface area contributed by atoms with E-state index in [0.717, 1.165) is 24.8 Å². The van der Waals surface area contributed by atoms with Gasteiger partial charge in [0, 0.05) is 23.7 Å². The van der Waals surface area contributed by atoms with Gasteiger partial charge in [-0.2, -0.15) is 5.10 Å². The molecule has 4 aromatic heterocycles. The minimum absolute atomic E-state index is 0.00919. The van der Waals surface area contributed by atoms with E-state index < -0.39 is 0 Å². The molecule has 0 aliphatic heterocycles. The van der Waals surface area contributed by atoms with E-state index in [-0.39, 0.29) is 23.8 Å². The summed E-state index contributed by atoms with van der Waals surface area (Å²) in [6.07, 6.45) is 8.12. The molecule has 35 heavy (non-hydrogen) atoms. The molecule has 1 aliphatic carbocycles. The highest BCUT2D eigenvalue weighted by Crippen LogP contribution is 2.37. The van der Waals surface area contributed by atoms with Gasteiger partial charge in [-0.05, 0) is 43.9 Å². The minimum atomic E-state index is -0.336. The fourth-order valence-electron chi connectivity index (χ4n) is 4.77. The number of nitrogens with one attached hydrogen (secondary N) is 2. The zero-order chi connectivity index (χ0) is 23.8. The highest BCUT2D eigenvalue weighted by atomic mass is 32.1. The van der Waals surface area contributed by atoms with Crippen molar-refractivity contribution in [1.29, 1.82) is 0 Å². The van der Waals surface area contributed by atoms with Crippen molar-refractivity contribution in [1.82, 2.24) is 40.0 Å². The number of carbonyl (C=O) groups excluding carboxylic acids is 1. The SMILES string of the molecule is O=C(NC1CCCC(n2c(-c3ccccc3F)nc3cnc(-c4ncn[nH]4)cc32)C1)c1nccs1. The first-order valence-electron chi connectivity index (χ1n) is 11.4. The number of halogens is 1. The fourth-order valence-corrected chi connectivity index (χ4v) is 5.31. The number of H-pyrrole nitrogens is 1. The maximum atomic E-state index is 14.9. The summed E-state index contributed by atoms with van der Waals surface area (Å²) in [6, 6.07) is 8.54. The van der Waals surface area contributed by atoms with Crippen LogP contribution in [0.15, 0.2) is 54.4 Å². The van der Waals surface area contributed by atoms with E-state index in [9.17, 15) is 9.18 Å². The van der Waals surface area contributed by atoms with Crippen LogP contribution in [0.4, 0.5) is 4.39 Å². The lowest BCUT2D eigenvalue weighted by Crippen LogP contribution is -2.39. The Balaban J connectivity index is 1.42. The van der Waals surface area contributed by atoms with Gasteiger partial charge in [0.2, 0.25) is 0 Å². The molecule has 6 rings (SSSR count). The van der Waals surface area contributed by atoms with Gasteiger partial charge in [0.05, 0.1) is 17.3 Å². The molecule has 176 valence electrons. The van der Waals surface area contributed by atoms with Gasteiger partial charge in [0.25, 0.3) is 5.91 Å². The first-order valence-corrected chi connectivity index (χ1v) is 12.2. The molecule has 2 N–H and O–H groups in total. The highest BCUT2D eigenvalue weighted by Gasteiger charge is 2.29. The summed E-state index contributed by atoms with van der Waals surface area (Å²) in [5, 5.41) is 12.1. The molecule has 1 aromatic carbocycles. The monoisotopic (exact) mass is 488 g/mol. The number of imidazole rings is 1. The van der Waals surface area contributed by atoms with E-state index in [2.05, 4.69) is 35.0 Å². The predicted octanol–water partition coefficient (Wildman–Crippen LogP) is 4.39. The van der Waals surface area contributed by atoms with Crippen LogP contribution in [0.2, 0.25) is 0 Å². The Morgan fingerprint density at radius 1 is 1.20 bits per heavy atom. The van der Waals surface area contributed by atoms with Crippen molar-refractivity contribution in [2.45, 2.75) is 37.8 Å². The average molecular weight is 489 g/mol. The normalized spacial score (nSPS) is 18.1. The molecular weight excluding hydrogens is 467 g/mol. The number of aromatic nitrogens is 7. The standard InChI is InChI=1S/C24H21FN8OS/c25-17-7-2-1-6-16(17)22-31-19-12-27-18(21-28-13-29-32-21)11-20(19)33(22)15-5-3-4-14(10-15)30-23(34)24-26-8-9-35-24/h1-2,6-9,11-15H,3-5,10H2,(H,30,34)(H,28,29,32). The Labute approximate surface area is 203 Å². The average Bonchev–Trinajstić information content (AvgIpc) is 3.65. The van der Waals surface area contributed by atoms with Crippen molar-refractivity contribution in [2.75, 3.05) is 0 Å². The number of fused-ring (bicyclic) bond motifs is 1. The first-order chi connectivity index (χ1) is 17.2. The van der Waals surface area contributed by atoms with Crippen LogP contribution >= 0.6 is 11.3 Å². The molecule has 0 bridgehead atoms. The van der Waals surface area contributed by atoms with Crippen LogP contribution < -0.4 is 5.32 Å². The summed E-state index contributed by atoms with van der Waals surface area (Å²) in [5.74, 6) is 0.597. The van der Waals surface area contributed by atoms with Crippen molar-refractivity contribution < 1.29 is 9.18 Å². The highest BCUT2D eigenvalue weighted by molar-refractivity contribution is 7.11. The number of aromatic amines is 1. The van der Waals surface area contributed by atoms with Gasteiger partial charge >= 0.3 is 0 Å². The molecule has 2 atom stereocenters. The Kier molecular flexibility index (Phi) is 5.53. The molecule has 0 spiro atoms. The number of thiazole rings is 1. The smallest absolute Gasteiger partial charge is 0.280 e. The van der Waals surface area contributed by atoms with Crippen LogP contribution in [-0.4, -0.2) is 46.6 Å². The fraction of sp³-hybridized carbons (Fsp3) is 0.250. The Bertz CT molecular complexity index is 1480. The predicted molar refractivity (Wildman–Crippen MR) is 129 cm³/mol. The van der Waals surface area contributed by atoms with Gasteiger partial charge in [0.1, 0.15) is 29.2 Å². The maximum Gasteiger partial charge on any atom is 0.280 e. The van der Waals surface area contributed by atoms with E-state index in [1.54, 1.807) is 36.0 Å². The Morgan fingerprint density at radius 2 is 2.11 bits per heavy atom. The molecule has 4 heterocycles. The number of hydrogen-bond donors (Lipinski definition) is 2. The minimum Gasteiger partial charge on any atom is -0.347 e. The zero-order valence-corrected chi connectivity index (χ0v) is 19.4. The quantitative estimate of drug-likeness (QED) is 0.379. The van der Waals surface area contributed by atoms with Gasteiger partial charge in [0.15, 0.2) is 10.8 Å². The lowest BCUT2D eigenvalue weighted by atomic mass is 9.90. The number of nitrogens with zero attached hydrogens (tertiary/aromatic N) is 6. The third kappa shape index (κ3) is 4.08. The number of amides is 1. The summed E-state index contributed by atoms with van der Waals surface area (Å²) in [7, 11) is 0. The summed E-state index contributed by atoms with van der Waals surface area (Å²) >= 11 is 1.32. The number of rotatable bonds is 5. The van der Waals surface area contributed by atoms with Crippen LogP contribution in [0.3, 0.4) is 0 Å². The lowest BCUT2D eigenvalue weighted by Gasteiger charge is -2.32. The van der Waals surface area contributed by atoms with Crippen molar-refractivity contribution in [2.24, 2.45) is 0 Å². The van der Waals surface area contributed by atoms with Gasteiger partial charge in [-0.25, -0.2) is 19.3 Å². The van der Waals surface area contributed by atoms with Gasteiger partial charge in [-0.3, -0.25) is 14.9 Å². The summed E-state index contributed by atoms with van der Waals surface area (Å²) < 4.78 is 17.0. The number of hydrogen-bond acceptors (Lipinski definition) is 7. The molecule has 0 radical (unpaired) electrons. The van der Waals surface area contributed by atoms with Crippen molar-refractivity contribution in [3.05, 3.63) is 65.3 Å². The van der Waals surface area contributed by atoms with E-state index in [4.69, 9.17) is 4.98 Å². The molecule has 5 aromatic rings. The van der Waals surface area contributed by atoms with E-state index in [1.165, 1.54) is 23.7 Å². The van der Waals surface area contributed by atoms with Gasteiger partial charge < -0.3 is 9.88 Å². The molecule has 2 unspecified atom stereocenters. The topological polar surface area (TPSA) is 114 Å². The number of carbonyl (C=O) groups is 1. The summed E-state index contributed by atoms with van der Waals surface area (Å²) in [4.78, 5) is 30.2. The van der Waals surface area contributed by atoms with Crippen LogP contribution in [0, 0.1) is 5.82 Å². The second-order valence-electron chi connectivity index (χ2n) is 8.51. The number of benzene rings is 1. The van der Waals surface area contributed by atoms with Crippen LogP contribution in [0.5, 0.6) is 0 Å².